The normalized spacial score (nSPS) is 31.0. The summed E-state index contributed by atoms with van der Waals surface area (Å²) in [5, 5.41) is 0. The van der Waals surface area contributed by atoms with Crippen LogP contribution in [0.15, 0.2) is 12.7 Å². The maximum Gasteiger partial charge on any atom is 0.168 e. The summed E-state index contributed by atoms with van der Waals surface area (Å²) >= 11 is 0. The molecule has 0 N–H and O–H groups in total. The third-order valence-electron chi connectivity index (χ3n) is 5.87. The van der Waals surface area contributed by atoms with Crippen LogP contribution in [0.1, 0.15) is 72.6 Å². The standard InChI is InChI=1S/C21H39NO2/c1-6-8-15-22(14-7-2)16-11-19-17-23-21(24-19)12-9-18(10-13-21)20(3,4)5/h7,18-19H,2,6,8-17H2,1,3-5H3. The molecule has 1 saturated heterocycles. The molecule has 1 heterocycles. The molecule has 3 nitrogen and oxygen atoms in total. The molecule has 1 saturated carbocycles. The maximum atomic E-state index is 6.41. The van der Waals surface area contributed by atoms with Crippen LogP contribution in [0.2, 0.25) is 0 Å². The van der Waals surface area contributed by atoms with Crippen molar-refractivity contribution < 1.29 is 9.47 Å². The molecule has 0 bridgehead atoms. The minimum atomic E-state index is -0.265. The van der Waals surface area contributed by atoms with Crippen molar-refractivity contribution in [2.24, 2.45) is 11.3 Å². The second-order valence-corrected chi connectivity index (χ2v) is 8.83. The molecule has 0 radical (unpaired) electrons. The highest BCUT2D eigenvalue weighted by atomic mass is 16.7. The molecule has 140 valence electrons. The van der Waals surface area contributed by atoms with E-state index in [1.54, 1.807) is 0 Å². The Labute approximate surface area is 149 Å². The van der Waals surface area contributed by atoms with Crippen LogP contribution in [0.5, 0.6) is 0 Å². The van der Waals surface area contributed by atoms with E-state index in [1.807, 2.05) is 6.08 Å². The number of rotatable bonds is 8. The molecule has 1 aliphatic carbocycles. The van der Waals surface area contributed by atoms with E-state index in [0.717, 1.165) is 51.4 Å². The van der Waals surface area contributed by atoms with Crippen LogP contribution in [0.4, 0.5) is 0 Å². The van der Waals surface area contributed by atoms with Crippen molar-refractivity contribution >= 4 is 0 Å². The van der Waals surface area contributed by atoms with Crippen LogP contribution in [-0.4, -0.2) is 43.0 Å². The van der Waals surface area contributed by atoms with Gasteiger partial charge in [-0.3, -0.25) is 4.90 Å². The number of hydrogen-bond donors (Lipinski definition) is 0. The molecular weight excluding hydrogens is 298 g/mol. The summed E-state index contributed by atoms with van der Waals surface area (Å²) in [5.74, 6) is 0.533. The zero-order chi connectivity index (χ0) is 17.6. The van der Waals surface area contributed by atoms with E-state index in [2.05, 4.69) is 39.2 Å². The molecule has 1 atom stereocenters. The molecule has 0 aromatic rings. The Balaban J connectivity index is 1.75. The van der Waals surface area contributed by atoms with E-state index in [9.17, 15) is 0 Å². The lowest BCUT2D eigenvalue weighted by molar-refractivity contribution is -0.197. The second-order valence-electron chi connectivity index (χ2n) is 8.83. The Morgan fingerprint density at radius 2 is 1.92 bits per heavy atom. The van der Waals surface area contributed by atoms with Crippen molar-refractivity contribution in [3.63, 3.8) is 0 Å². The topological polar surface area (TPSA) is 21.7 Å². The maximum absolute atomic E-state index is 6.41. The second kappa shape index (κ2) is 8.82. The van der Waals surface area contributed by atoms with Crippen molar-refractivity contribution in [3.05, 3.63) is 12.7 Å². The lowest BCUT2D eigenvalue weighted by Crippen LogP contribution is -2.39. The molecule has 2 rings (SSSR count). The fraction of sp³-hybridized carbons (Fsp3) is 0.905. The predicted molar refractivity (Wildman–Crippen MR) is 101 cm³/mol. The Morgan fingerprint density at radius 1 is 1.21 bits per heavy atom. The highest BCUT2D eigenvalue weighted by molar-refractivity contribution is 4.89. The summed E-state index contributed by atoms with van der Waals surface area (Å²) in [4.78, 5) is 2.49. The molecule has 24 heavy (non-hydrogen) atoms. The molecular formula is C21H39NO2. The van der Waals surface area contributed by atoms with Gasteiger partial charge in [-0.25, -0.2) is 0 Å². The first-order valence-electron chi connectivity index (χ1n) is 10.0. The molecule has 2 aliphatic rings. The Bertz CT molecular complexity index is 380. The van der Waals surface area contributed by atoms with E-state index in [0.29, 0.717) is 5.41 Å². The summed E-state index contributed by atoms with van der Waals surface area (Å²) < 4.78 is 12.6. The van der Waals surface area contributed by atoms with Crippen LogP contribution in [0, 0.1) is 11.3 Å². The Morgan fingerprint density at radius 3 is 2.50 bits per heavy atom. The largest absolute Gasteiger partial charge is 0.347 e. The number of hydrogen-bond acceptors (Lipinski definition) is 3. The highest BCUT2D eigenvalue weighted by Crippen LogP contribution is 2.45. The smallest absolute Gasteiger partial charge is 0.168 e. The molecule has 1 spiro atoms. The molecule has 3 heteroatoms. The van der Waals surface area contributed by atoms with Crippen LogP contribution >= 0.6 is 0 Å². The third kappa shape index (κ3) is 5.57. The molecule has 0 aromatic heterocycles. The SMILES string of the molecule is C=CCN(CCCC)CCC1COC2(CCC(C(C)(C)C)CC2)O1. The van der Waals surface area contributed by atoms with Gasteiger partial charge in [-0.1, -0.05) is 40.2 Å². The van der Waals surface area contributed by atoms with Gasteiger partial charge in [0, 0.05) is 25.9 Å². The van der Waals surface area contributed by atoms with Crippen LogP contribution in [0.3, 0.4) is 0 Å². The van der Waals surface area contributed by atoms with E-state index in [1.165, 1.54) is 25.7 Å². The van der Waals surface area contributed by atoms with Crippen LogP contribution in [-0.2, 0) is 9.47 Å². The average Bonchev–Trinajstić information content (AvgIpc) is 2.92. The first-order chi connectivity index (χ1) is 11.4. The summed E-state index contributed by atoms with van der Waals surface area (Å²) in [6.45, 7) is 17.2. The summed E-state index contributed by atoms with van der Waals surface area (Å²) in [5.41, 5.74) is 0.407. The number of ether oxygens (including phenoxy) is 2. The van der Waals surface area contributed by atoms with Crippen molar-refractivity contribution in [2.45, 2.75) is 84.5 Å². The van der Waals surface area contributed by atoms with Gasteiger partial charge in [0.15, 0.2) is 5.79 Å². The van der Waals surface area contributed by atoms with Gasteiger partial charge in [-0.2, -0.15) is 0 Å². The quantitative estimate of drug-likeness (QED) is 0.581. The fourth-order valence-electron chi connectivity index (χ4n) is 4.13. The fourth-order valence-corrected chi connectivity index (χ4v) is 4.13. The zero-order valence-electron chi connectivity index (χ0n) is 16.5. The summed E-state index contributed by atoms with van der Waals surface area (Å²) in [6, 6.07) is 0. The van der Waals surface area contributed by atoms with Crippen molar-refractivity contribution in [1.29, 1.82) is 0 Å². The summed E-state index contributed by atoms with van der Waals surface area (Å²) in [7, 11) is 0. The first-order valence-corrected chi connectivity index (χ1v) is 10.0. The Hall–Kier alpha value is -0.380. The van der Waals surface area contributed by atoms with Crippen molar-refractivity contribution in [1.82, 2.24) is 4.90 Å². The molecule has 1 aliphatic heterocycles. The monoisotopic (exact) mass is 337 g/mol. The van der Waals surface area contributed by atoms with E-state index in [4.69, 9.17) is 9.47 Å². The predicted octanol–water partition coefficient (Wildman–Crippen LogP) is 5.01. The third-order valence-corrected chi connectivity index (χ3v) is 5.87. The Kier molecular flexibility index (Phi) is 7.33. The van der Waals surface area contributed by atoms with Gasteiger partial charge in [0.1, 0.15) is 0 Å². The highest BCUT2D eigenvalue weighted by Gasteiger charge is 2.45. The van der Waals surface area contributed by atoms with Gasteiger partial charge in [0.25, 0.3) is 0 Å². The first kappa shape index (κ1) is 19.9. The number of nitrogens with zero attached hydrogens (tertiary/aromatic N) is 1. The lowest BCUT2D eigenvalue weighted by atomic mass is 9.71. The van der Waals surface area contributed by atoms with Crippen LogP contribution < -0.4 is 0 Å². The van der Waals surface area contributed by atoms with E-state index >= 15 is 0 Å². The van der Waals surface area contributed by atoms with Gasteiger partial charge >= 0.3 is 0 Å². The van der Waals surface area contributed by atoms with E-state index < -0.39 is 0 Å². The van der Waals surface area contributed by atoms with Crippen LogP contribution in [0.25, 0.3) is 0 Å². The van der Waals surface area contributed by atoms with E-state index in [-0.39, 0.29) is 11.9 Å². The molecule has 0 aromatic carbocycles. The van der Waals surface area contributed by atoms with Gasteiger partial charge in [-0.15, -0.1) is 6.58 Å². The molecule has 2 fully saturated rings. The number of unbranched alkanes of at least 4 members (excludes halogenated alkanes) is 1. The minimum absolute atomic E-state index is 0.265. The van der Waals surface area contributed by atoms with Gasteiger partial charge in [0.05, 0.1) is 12.7 Å². The zero-order valence-corrected chi connectivity index (χ0v) is 16.5. The molecule has 1 unspecified atom stereocenters. The van der Waals surface area contributed by atoms with Gasteiger partial charge < -0.3 is 9.47 Å². The average molecular weight is 338 g/mol. The summed E-state index contributed by atoms with van der Waals surface area (Å²) in [6.07, 6.45) is 10.5. The lowest BCUT2D eigenvalue weighted by Gasteiger charge is -2.41. The van der Waals surface area contributed by atoms with Crippen molar-refractivity contribution in [2.75, 3.05) is 26.2 Å². The van der Waals surface area contributed by atoms with Gasteiger partial charge in [-0.05, 0) is 43.6 Å². The van der Waals surface area contributed by atoms with Gasteiger partial charge in [0.2, 0.25) is 0 Å². The van der Waals surface area contributed by atoms with Crippen molar-refractivity contribution in [3.8, 4) is 0 Å². The molecule has 0 amide bonds. The minimum Gasteiger partial charge on any atom is -0.347 e.